The number of nitrogens with zero attached hydrogens (tertiary/aromatic N) is 3. The minimum absolute atomic E-state index is 0.118. The Bertz CT molecular complexity index is 358. The minimum atomic E-state index is 0.118. The number of rotatable bonds is 4. The average Bonchev–Trinajstić information content (AvgIpc) is 2.49. The monoisotopic (exact) mass is 328 g/mol. The normalized spacial score (nSPS) is 26.2. The van der Waals surface area contributed by atoms with Crippen LogP contribution in [0.15, 0.2) is 0 Å². The Morgan fingerprint density at radius 3 is 2.50 bits per heavy atom. The summed E-state index contributed by atoms with van der Waals surface area (Å²) in [5.41, 5.74) is 0. The van der Waals surface area contributed by atoms with E-state index in [1.54, 1.807) is 0 Å². The van der Waals surface area contributed by atoms with Crippen LogP contribution in [0.1, 0.15) is 20.8 Å². The summed E-state index contributed by atoms with van der Waals surface area (Å²) in [7, 11) is 2.17. The summed E-state index contributed by atoms with van der Waals surface area (Å²) in [4.78, 5) is 19.3. The van der Waals surface area contributed by atoms with Crippen LogP contribution in [-0.4, -0.2) is 90.6 Å². The summed E-state index contributed by atoms with van der Waals surface area (Å²) in [6.45, 7) is 13.8. The van der Waals surface area contributed by atoms with E-state index in [2.05, 4.69) is 42.9 Å². The Morgan fingerprint density at radius 2 is 1.86 bits per heavy atom. The van der Waals surface area contributed by atoms with Crippen LogP contribution in [0, 0.1) is 5.92 Å². The molecule has 0 spiro atoms. The van der Waals surface area contributed by atoms with Gasteiger partial charge in [-0.15, -0.1) is 0 Å². The summed E-state index contributed by atoms with van der Waals surface area (Å²) in [6.07, 6.45) is 0. The van der Waals surface area contributed by atoms with Gasteiger partial charge in [-0.3, -0.25) is 4.90 Å². The SMILES string of the molecule is CC(C)[C@H]1CN(C(=O)N[C@H](C)CN2CCN(C)CC2)CCS1. The average molecular weight is 329 g/mol. The Morgan fingerprint density at radius 1 is 1.18 bits per heavy atom. The number of hydrogen-bond acceptors (Lipinski definition) is 4. The molecular weight excluding hydrogens is 296 g/mol. The van der Waals surface area contributed by atoms with Crippen molar-refractivity contribution in [3.63, 3.8) is 0 Å². The predicted molar refractivity (Wildman–Crippen MR) is 94.6 cm³/mol. The number of carbonyl (C=O) groups is 1. The van der Waals surface area contributed by atoms with E-state index in [0.717, 1.165) is 51.6 Å². The second-order valence-electron chi connectivity index (χ2n) is 7.05. The van der Waals surface area contributed by atoms with E-state index in [4.69, 9.17) is 0 Å². The van der Waals surface area contributed by atoms with Gasteiger partial charge in [0.05, 0.1) is 0 Å². The molecule has 2 aliphatic heterocycles. The first-order valence-electron chi connectivity index (χ1n) is 8.53. The van der Waals surface area contributed by atoms with Crippen molar-refractivity contribution in [2.24, 2.45) is 5.92 Å². The van der Waals surface area contributed by atoms with Crippen LogP contribution >= 0.6 is 11.8 Å². The molecule has 0 aromatic rings. The maximum atomic E-state index is 12.4. The van der Waals surface area contributed by atoms with Gasteiger partial charge in [-0.05, 0) is 19.9 Å². The molecule has 2 aliphatic rings. The number of carbonyl (C=O) groups excluding carboxylic acids is 1. The molecule has 0 radical (unpaired) electrons. The van der Waals surface area contributed by atoms with E-state index < -0.39 is 0 Å². The Labute approximate surface area is 139 Å². The summed E-state index contributed by atoms with van der Waals surface area (Å²) in [5.74, 6) is 1.69. The van der Waals surface area contributed by atoms with E-state index in [9.17, 15) is 4.79 Å². The molecule has 128 valence electrons. The van der Waals surface area contributed by atoms with E-state index >= 15 is 0 Å². The fourth-order valence-corrected chi connectivity index (χ4v) is 4.33. The summed E-state index contributed by atoms with van der Waals surface area (Å²) < 4.78 is 0. The highest BCUT2D eigenvalue weighted by Crippen LogP contribution is 2.24. The van der Waals surface area contributed by atoms with E-state index in [-0.39, 0.29) is 12.1 Å². The molecule has 2 heterocycles. The number of nitrogens with one attached hydrogen (secondary N) is 1. The predicted octanol–water partition coefficient (Wildman–Crippen LogP) is 1.41. The first-order chi connectivity index (χ1) is 10.5. The molecule has 0 bridgehead atoms. The van der Waals surface area contributed by atoms with E-state index in [0.29, 0.717) is 11.2 Å². The summed E-state index contributed by atoms with van der Waals surface area (Å²) in [6, 6.07) is 0.329. The quantitative estimate of drug-likeness (QED) is 0.847. The van der Waals surface area contributed by atoms with Gasteiger partial charge < -0.3 is 15.1 Å². The largest absolute Gasteiger partial charge is 0.334 e. The van der Waals surface area contributed by atoms with Crippen molar-refractivity contribution in [1.29, 1.82) is 0 Å². The van der Waals surface area contributed by atoms with Gasteiger partial charge in [-0.25, -0.2) is 4.79 Å². The molecule has 0 saturated carbocycles. The maximum Gasteiger partial charge on any atom is 0.317 e. The highest BCUT2D eigenvalue weighted by molar-refractivity contribution is 8.00. The lowest BCUT2D eigenvalue weighted by molar-refractivity contribution is 0.141. The molecule has 2 saturated heterocycles. The maximum absolute atomic E-state index is 12.4. The van der Waals surface area contributed by atoms with Gasteiger partial charge in [0.25, 0.3) is 0 Å². The minimum Gasteiger partial charge on any atom is -0.334 e. The third kappa shape index (κ3) is 5.32. The van der Waals surface area contributed by atoms with Crippen molar-refractivity contribution in [3.05, 3.63) is 0 Å². The molecule has 2 atom stereocenters. The van der Waals surface area contributed by atoms with Crippen LogP contribution in [-0.2, 0) is 0 Å². The number of likely N-dealkylation sites (N-methyl/N-ethyl adjacent to an activating group) is 1. The molecule has 1 N–H and O–H groups in total. The third-order valence-electron chi connectivity index (χ3n) is 4.62. The topological polar surface area (TPSA) is 38.8 Å². The number of urea groups is 1. The van der Waals surface area contributed by atoms with Crippen LogP contribution in [0.25, 0.3) is 0 Å². The van der Waals surface area contributed by atoms with Crippen molar-refractivity contribution in [3.8, 4) is 0 Å². The fourth-order valence-electron chi connectivity index (χ4n) is 3.03. The van der Waals surface area contributed by atoms with Gasteiger partial charge in [0, 0.05) is 62.9 Å². The van der Waals surface area contributed by atoms with Gasteiger partial charge in [0.1, 0.15) is 0 Å². The highest BCUT2D eigenvalue weighted by atomic mass is 32.2. The molecule has 22 heavy (non-hydrogen) atoms. The number of piperazine rings is 1. The van der Waals surface area contributed by atoms with Crippen LogP contribution < -0.4 is 5.32 Å². The first kappa shape index (κ1) is 17.9. The van der Waals surface area contributed by atoms with Gasteiger partial charge in [-0.2, -0.15) is 11.8 Å². The van der Waals surface area contributed by atoms with E-state index in [1.165, 1.54) is 0 Å². The molecule has 2 rings (SSSR count). The standard InChI is InChI=1S/C16H32N4OS/c1-13(2)15-12-20(9-10-22-15)16(21)17-14(3)11-19-7-5-18(4)6-8-19/h13-15H,5-12H2,1-4H3,(H,17,21)/t14-,15-/m1/s1. The van der Waals surface area contributed by atoms with Gasteiger partial charge in [0.15, 0.2) is 0 Å². The smallest absolute Gasteiger partial charge is 0.317 e. The third-order valence-corrected chi connectivity index (χ3v) is 6.16. The van der Waals surface area contributed by atoms with Gasteiger partial charge >= 0.3 is 6.03 Å². The van der Waals surface area contributed by atoms with Gasteiger partial charge in [-0.1, -0.05) is 13.8 Å². The number of amides is 2. The zero-order valence-electron chi connectivity index (χ0n) is 14.5. The highest BCUT2D eigenvalue weighted by Gasteiger charge is 2.27. The second kappa shape index (κ2) is 8.41. The van der Waals surface area contributed by atoms with Crippen molar-refractivity contribution >= 4 is 17.8 Å². The number of thioether (sulfide) groups is 1. The molecule has 0 unspecified atom stereocenters. The summed E-state index contributed by atoms with van der Waals surface area (Å²) in [5, 5.41) is 3.77. The zero-order valence-corrected chi connectivity index (χ0v) is 15.4. The lowest BCUT2D eigenvalue weighted by Gasteiger charge is -2.36. The molecular formula is C16H32N4OS. The van der Waals surface area contributed by atoms with Gasteiger partial charge in [0.2, 0.25) is 0 Å². The Balaban J connectivity index is 1.73. The molecule has 6 heteroatoms. The Hall–Kier alpha value is -0.460. The number of hydrogen-bond donors (Lipinski definition) is 1. The van der Waals surface area contributed by atoms with Crippen LogP contribution in [0.2, 0.25) is 0 Å². The molecule has 0 aromatic carbocycles. The first-order valence-corrected chi connectivity index (χ1v) is 9.58. The lowest BCUT2D eigenvalue weighted by Crippen LogP contribution is -2.53. The molecule has 2 amide bonds. The molecule has 0 aromatic heterocycles. The zero-order chi connectivity index (χ0) is 16.1. The lowest BCUT2D eigenvalue weighted by atomic mass is 10.1. The second-order valence-corrected chi connectivity index (χ2v) is 8.40. The van der Waals surface area contributed by atoms with Crippen molar-refractivity contribution in [2.45, 2.75) is 32.1 Å². The van der Waals surface area contributed by atoms with Crippen molar-refractivity contribution < 1.29 is 4.79 Å². The van der Waals surface area contributed by atoms with Crippen molar-refractivity contribution in [2.75, 3.05) is 58.6 Å². The van der Waals surface area contributed by atoms with E-state index in [1.807, 2.05) is 16.7 Å². The molecule has 2 fully saturated rings. The summed E-state index contributed by atoms with van der Waals surface area (Å²) >= 11 is 2.01. The fraction of sp³-hybridized carbons (Fsp3) is 0.938. The van der Waals surface area contributed by atoms with Crippen LogP contribution in [0.4, 0.5) is 4.79 Å². The van der Waals surface area contributed by atoms with Crippen LogP contribution in [0.3, 0.4) is 0 Å². The van der Waals surface area contributed by atoms with Crippen molar-refractivity contribution in [1.82, 2.24) is 20.0 Å². The molecule has 5 nitrogen and oxygen atoms in total. The van der Waals surface area contributed by atoms with Crippen LogP contribution in [0.5, 0.6) is 0 Å². The molecule has 0 aliphatic carbocycles. The Kier molecular flexibility index (Phi) is 6.84.